The van der Waals surface area contributed by atoms with E-state index in [0.717, 1.165) is 40.8 Å². The van der Waals surface area contributed by atoms with Gasteiger partial charge in [-0.2, -0.15) is 0 Å². The largest absolute Gasteiger partial charge is 0.507 e. The molecular formula is C19H23NO4. The quantitative estimate of drug-likeness (QED) is 0.908. The molecule has 1 unspecified atom stereocenters. The van der Waals surface area contributed by atoms with Crippen LogP contribution in [-0.4, -0.2) is 20.9 Å². The summed E-state index contributed by atoms with van der Waals surface area (Å²) >= 11 is 0. The third kappa shape index (κ3) is 2.54. The van der Waals surface area contributed by atoms with Crippen LogP contribution in [0.25, 0.3) is 0 Å². The van der Waals surface area contributed by atoms with E-state index in [0.29, 0.717) is 18.0 Å². The summed E-state index contributed by atoms with van der Waals surface area (Å²) in [5, 5.41) is 20.0. The zero-order valence-electron chi connectivity index (χ0n) is 14.5. The Morgan fingerprint density at radius 3 is 2.54 bits per heavy atom. The molecule has 1 aromatic carbocycles. The standard InChI is InChI=1S/C19H23NO4/c1-10-11(2)19-15(12(3)17(10)22)9-14(24-19)5-7-20-8-6-16(21)18(23)13(20)4/h6,8,14,22-23H,5,7,9H2,1-4H3. The van der Waals surface area contributed by atoms with Gasteiger partial charge >= 0.3 is 0 Å². The molecule has 1 aliphatic heterocycles. The Balaban J connectivity index is 1.78. The van der Waals surface area contributed by atoms with Crippen molar-refractivity contribution in [2.75, 3.05) is 0 Å². The van der Waals surface area contributed by atoms with Gasteiger partial charge < -0.3 is 19.5 Å². The van der Waals surface area contributed by atoms with E-state index >= 15 is 0 Å². The number of ether oxygens (including phenoxy) is 1. The molecule has 5 heteroatoms. The molecule has 0 aliphatic carbocycles. The summed E-state index contributed by atoms with van der Waals surface area (Å²) in [6.07, 6.45) is 3.25. The van der Waals surface area contributed by atoms with Crippen LogP contribution in [-0.2, 0) is 13.0 Å². The van der Waals surface area contributed by atoms with Crippen molar-refractivity contribution in [2.45, 2.75) is 53.2 Å². The zero-order valence-corrected chi connectivity index (χ0v) is 14.5. The van der Waals surface area contributed by atoms with E-state index in [1.54, 1.807) is 13.1 Å². The molecular weight excluding hydrogens is 306 g/mol. The highest BCUT2D eigenvalue weighted by atomic mass is 16.5. The Morgan fingerprint density at radius 1 is 1.12 bits per heavy atom. The van der Waals surface area contributed by atoms with Crippen LogP contribution in [0.5, 0.6) is 17.2 Å². The van der Waals surface area contributed by atoms with Gasteiger partial charge in [0.1, 0.15) is 17.6 Å². The molecule has 0 spiro atoms. The lowest BCUT2D eigenvalue weighted by Gasteiger charge is -2.16. The molecule has 24 heavy (non-hydrogen) atoms. The fourth-order valence-corrected chi connectivity index (χ4v) is 3.36. The Morgan fingerprint density at radius 2 is 1.83 bits per heavy atom. The van der Waals surface area contributed by atoms with Crippen molar-refractivity contribution in [1.29, 1.82) is 0 Å². The summed E-state index contributed by atoms with van der Waals surface area (Å²) in [4.78, 5) is 11.4. The molecule has 0 bridgehead atoms. The maximum absolute atomic E-state index is 11.4. The summed E-state index contributed by atoms with van der Waals surface area (Å²) in [7, 11) is 0. The lowest BCUT2D eigenvalue weighted by molar-refractivity contribution is 0.212. The summed E-state index contributed by atoms with van der Waals surface area (Å²) in [5.74, 6) is 1.06. The first kappa shape index (κ1) is 16.4. The second-order valence-electron chi connectivity index (χ2n) is 6.57. The zero-order chi connectivity index (χ0) is 17.6. The van der Waals surface area contributed by atoms with Gasteiger partial charge in [-0.05, 0) is 44.4 Å². The maximum atomic E-state index is 11.4. The van der Waals surface area contributed by atoms with E-state index in [4.69, 9.17) is 4.74 Å². The van der Waals surface area contributed by atoms with Crippen molar-refractivity contribution in [2.24, 2.45) is 0 Å². The summed E-state index contributed by atoms with van der Waals surface area (Å²) in [5.41, 5.74) is 4.05. The molecule has 2 aromatic rings. The minimum absolute atomic E-state index is 0.0274. The predicted molar refractivity (Wildman–Crippen MR) is 92.2 cm³/mol. The van der Waals surface area contributed by atoms with Crippen molar-refractivity contribution < 1.29 is 14.9 Å². The van der Waals surface area contributed by atoms with Gasteiger partial charge in [0.25, 0.3) is 0 Å². The number of aryl methyl sites for hydroxylation is 1. The summed E-state index contributed by atoms with van der Waals surface area (Å²) in [6.45, 7) is 8.19. The fraction of sp³-hybridized carbons (Fsp3) is 0.421. The van der Waals surface area contributed by atoms with Gasteiger partial charge in [0, 0.05) is 37.2 Å². The van der Waals surface area contributed by atoms with Crippen molar-refractivity contribution in [3.63, 3.8) is 0 Å². The normalized spacial score (nSPS) is 16.1. The highest BCUT2D eigenvalue weighted by Crippen LogP contribution is 2.42. The maximum Gasteiger partial charge on any atom is 0.223 e. The van der Waals surface area contributed by atoms with Crippen molar-refractivity contribution >= 4 is 0 Å². The third-order valence-electron chi connectivity index (χ3n) is 5.16. The van der Waals surface area contributed by atoms with E-state index < -0.39 is 0 Å². The van der Waals surface area contributed by atoms with Crippen LogP contribution in [0.4, 0.5) is 0 Å². The first-order valence-corrected chi connectivity index (χ1v) is 8.18. The van der Waals surface area contributed by atoms with Crippen molar-refractivity contribution in [3.05, 3.63) is 50.4 Å². The highest BCUT2D eigenvalue weighted by molar-refractivity contribution is 5.59. The molecule has 2 heterocycles. The molecule has 1 aromatic heterocycles. The van der Waals surface area contributed by atoms with E-state index in [9.17, 15) is 15.0 Å². The first-order valence-electron chi connectivity index (χ1n) is 8.18. The predicted octanol–water partition coefficient (Wildman–Crippen LogP) is 2.89. The SMILES string of the molecule is Cc1c(C)c2c(c(C)c1O)CC(CCn1ccc(=O)c(O)c1C)O2. The van der Waals surface area contributed by atoms with Gasteiger partial charge in [0.05, 0.1) is 5.69 Å². The lowest BCUT2D eigenvalue weighted by atomic mass is 9.96. The van der Waals surface area contributed by atoms with Gasteiger partial charge in [-0.25, -0.2) is 0 Å². The van der Waals surface area contributed by atoms with Crippen LogP contribution in [0.2, 0.25) is 0 Å². The average Bonchev–Trinajstić information content (AvgIpc) is 3.00. The van der Waals surface area contributed by atoms with E-state index in [1.807, 2.05) is 25.3 Å². The van der Waals surface area contributed by atoms with Crippen molar-refractivity contribution in [3.8, 4) is 17.2 Å². The second-order valence-corrected chi connectivity index (χ2v) is 6.57. The molecule has 0 saturated heterocycles. The van der Waals surface area contributed by atoms with Gasteiger partial charge in [0.15, 0.2) is 5.75 Å². The molecule has 1 aliphatic rings. The number of phenolic OH excluding ortho intramolecular Hbond substituents is 1. The molecule has 0 fully saturated rings. The Bertz CT molecular complexity index is 830. The molecule has 3 rings (SSSR count). The number of fused-ring (bicyclic) bond motifs is 1. The van der Waals surface area contributed by atoms with Crippen LogP contribution >= 0.6 is 0 Å². The third-order valence-corrected chi connectivity index (χ3v) is 5.16. The molecule has 1 atom stereocenters. The van der Waals surface area contributed by atoms with Gasteiger partial charge in [0.2, 0.25) is 5.43 Å². The summed E-state index contributed by atoms with van der Waals surface area (Å²) < 4.78 is 7.99. The number of hydrogen-bond donors (Lipinski definition) is 2. The van der Waals surface area contributed by atoms with Crippen LogP contribution in [0.1, 0.15) is 34.4 Å². The number of pyridine rings is 1. The van der Waals surface area contributed by atoms with E-state index in [2.05, 4.69) is 0 Å². The molecule has 0 amide bonds. The smallest absolute Gasteiger partial charge is 0.223 e. The van der Waals surface area contributed by atoms with Crippen LogP contribution < -0.4 is 10.2 Å². The van der Waals surface area contributed by atoms with Gasteiger partial charge in [-0.1, -0.05) is 0 Å². The second kappa shape index (κ2) is 5.89. The molecule has 2 N–H and O–H groups in total. The van der Waals surface area contributed by atoms with Crippen LogP contribution in [0, 0.1) is 27.7 Å². The molecule has 0 saturated carbocycles. The average molecular weight is 329 g/mol. The first-order chi connectivity index (χ1) is 11.3. The molecule has 0 radical (unpaired) electrons. The Hall–Kier alpha value is -2.43. The molecule has 5 nitrogen and oxygen atoms in total. The van der Waals surface area contributed by atoms with Crippen LogP contribution in [0.3, 0.4) is 0 Å². The number of rotatable bonds is 3. The van der Waals surface area contributed by atoms with E-state index in [-0.39, 0.29) is 17.3 Å². The number of aromatic nitrogens is 1. The minimum atomic E-state index is -0.356. The minimum Gasteiger partial charge on any atom is -0.507 e. The number of aromatic hydroxyl groups is 2. The number of benzene rings is 1. The topological polar surface area (TPSA) is 71.7 Å². The number of phenols is 1. The van der Waals surface area contributed by atoms with Gasteiger partial charge in [-0.15, -0.1) is 0 Å². The van der Waals surface area contributed by atoms with E-state index in [1.165, 1.54) is 6.07 Å². The van der Waals surface area contributed by atoms with Crippen LogP contribution in [0.15, 0.2) is 17.1 Å². The fourth-order valence-electron chi connectivity index (χ4n) is 3.36. The summed E-state index contributed by atoms with van der Waals surface area (Å²) in [6, 6.07) is 1.38. The molecule has 128 valence electrons. The lowest BCUT2D eigenvalue weighted by Crippen LogP contribution is -2.18. The van der Waals surface area contributed by atoms with Gasteiger partial charge in [-0.3, -0.25) is 4.79 Å². The Kier molecular flexibility index (Phi) is 4.03. The number of nitrogens with zero attached hydrogens (tertiary/aromatic N) is 1. The highest BCUT2D eigenvalue weighted by Gasteiger charge is 2.29. The Labute approximate surface area is 141 Å². The monoisotopic (exact) mass is 329 g/mol. The number of hydrogen-bond acceptors (Lipinski definition) is 4. The van der Waals surface area contributed by atoms with Crippen molar-refractivity contribution in [1.82, 2.24) is 4.57 Å².